The standard InChI is InChI=1S/C17H16N2O4S3/c1-25(20,21)12-15-11-14(13-6-8-18-9-7-13)4-5-16(15)19-26(22,23)17-3-2-10-24-17/h2-11,19H,12H2,1H3. The molecule has 0 radical (unpaired) electrons. The number of sulfone groups is 1. The number of pyridine rings is 1. The maximum Gasteiger partial charge on any atom is 0.271 e. The Morgan fingerprint density at radius 3 is 2.35 bits per heavy atom. The van der Waals surface area contributed by atoms with Crippen LogP contribution >= 0.6 is 11.3 Å². The highest BCUT2D eigenvalue weighted by Crippen LogP contribution is 2.29. The lowest BCUT2D eigenvalue weighted by Crippen LogP contribution is -2.14. The highest BCUT2D eigenvalue weighted by molar-refractivity contribution is 7.94. The summed E-state index contributed by atoms with van der Waals surface area (Å²) in [5.41, 5.74) is 2.29. The third-order valence-corrected chi connectivity index (χ3v) is 7.14. The minimum atomic E-state index is -3.76. The van der Waals surface area contributed by atoms with E-state index in [1.54, 1.807) is 54.2 Å². The molecule has 0 amide bonds. The van der Waals surface area contributed by atoms with Crippen molar-refractivity contribution in [2.45, 2.75) is 9.96 Å². The fourth-order valence-electron chi connectivity index (χ4n) is 2.43. The van der Waals surface area contributed by atoms with Gasteiger partial charge in [0.15, 0.2) is 9.84 Å². The molecule has 26 heavy (non-hydrogen) atoms. The van der Waals surface area contributed by atoms with Gasteiger partial charge in [0.2, 0.25) is 0 Å². The van der Waals surface area contributed by atoms with E-state index in [9.17, 15) is 16.8 Å². The summed E-state index contributed by atoms with van der Waals surface area (Å²) >= 11 is 1.09. The van der Waals surface area contributed by atoms with Crippen molar-refractivity contribution in [1.29, 1.82) is 0 Å². The van der Waals surface area contributed by atoms with E-state index in [4.69, 9.17) is 0 Å². The lowest BCUT2D eigenvalue weighted by atomic mass is 10.0. The second kappa shape index (κ2) is 7.18. The van der Waals surface area contributed by atoms with Crippen molar-refractivity contribution in [3.8, 4) is 11.1 Å². The first-order valence-corrected chi connectivity index (χ1v) is 11.9. The number of aromatic nitrogens is 1. The topological polar surface area (TPSA) is 93.2 Å². The smallest absolute Gasteiger partial charge is 0.271 e. The Hall–Kier alpha value is -2.23. The van der Waals surface area contributed by atoms with Crippen LogP contribution in [0.5, 0.6) is 0 Å². The Morgan fingerprint density at radius 1 is 1.00 bits per heavy atom. The molecule has 1 N–H and O–H groups in total. The van der Waals surface area contributed by atoms with Crippen LogP contribution in [-0.4, -0.2) is 28.1 Å². The second-order valence-corrected chi connectivity index (χ2v) is 10.7. The number of benzene rings is 1. The molecule has 0 aliphatic heterocycles. The molecule has 0 aliphatic carbocycles. The molecular weight excluding hydrogens is 392 g/mol. The average molecular weight is 409 g/mol. The first kappa shape index (κ1) is 18.6. The Labute approximate surface area is 156 Å². The van der Waals surface area contributed by atoms with Crippen LogP contribution in [0.3, 0.4) is 0 Å². The van der Waals surface area contributed by atoms with E-state index >= 15 is 0 Å². The van der Waals surface area contributed by atoms with Gasteiger partial charge in [-0.3, -0.25) is 9.71 Å². The number of sulfonamides is 1. The summed E-state index contributed by atoms with van der Waals surface area (Å²) < 4.78 is 51.2. The summed E-state index contributed by atoms with van der Waals surface area (Å²) in [4.78, 5) is 3.96. The van der Waals surface area contributed by atoms with Gasteiger partial charge in [-0.15, -0.1) is 11.3 Å². The summed E-state index contributed by atoms with van der Waals surface area (Å²) in [6, 6.07) is 11.7. The number of thiophene rings is 1. The van der Waals surface area contributed by atoms with Crippen LogP contribution in [0.25, 0.3) is 11.1 Å². The molecule has 0 unspecified atom stereocenters. The van der Waals surface area contributed by atoms with Crippen LogP contribution in [0.15, 0.2) is 64.4 Å². The summed E-state index contributed by atoms with van der Waals surface area (Å²) in [6.07, 6.45) is 4.39. The molecule has 2 aromatic heterocycles. The Balaban J connectivity index is 2.04. The molecule has 0 bridgehead atoms. The van der Waals surface area contributed by atoms with Crippen molar-refractivity contribution in [2.24, 2.45) is 0 Å². The molecular formula is C17H16N2O4S3. The number of rotatable bonds is 6. The van der Waals surface area contributed by atoms with Crippen molar-refractivity contribution in [3.05, 3.63) is 65.8 Å². The average Bonchev–Trinajstić information content (AvgIpc) is 3.11. The van der Waals surface area contributed by atoms with Gasteiger partial charge in [-0.1, -0.05) is 12.1 Å². The normalized spacial score (nSPS) is 12.0. The van der Waals surface area contributed by atoms with E-state index in [1.807, 2.05) is 0 Å². The lowest BCUT2D eigenvalue weighted by molar-refractivity contribution is 0.599. The quantitative estimate of drug-likeness (QED) is 0.676. The van der Waals surface area contributed by atoms with Gasteiger partial charge >= 0.3 is 0 Å². The molecule has 0 saturated heterocycles. The Kier molecular flexibility index (Phi) is 5.12. The lowest BCUT2D eigenvalue weighted by Gasteiger charge is -2.13. The van der Waals surface area contributed by atoms with Crippen molar-refractivity contribution < 1.29 is 16.8 Å². The van der Waals surface area contributed by atoms with Crippen molar-refractivity contribution in [2.75, 3.05) is 11.0 Å². The maximum absolute atomic E-state index is 12.5. The highest BCUT2D eigenvalue weighted by Gasteiger charge is 2.19. The van der Waals surface area contributed by atoms with Gasteiger partial charge in [0, 0.05) is 18.6 Å². The van der Waals surface area contributed by atoms with Crippen LogP contribution in [-0.2, 0) is 25.6 Å². The van der Waals surface area contributed by atoms with Gasteiger partial charge in [-0.05, 0) is 52.4 Å². The molecule has 9 heteroatoms. The molecule has 3 aromatic rings. The summed E-state index contributed by atoms with van der Waals surface area (Å²) in [5.74, 6) is -0.270. The zero-order valence-electron chi connectivity index (χ0n) is 13.8. The number of nitrogens with one attached hydrogen (secondary N) is 1. The fraction of sp³-hybridized carbons (Fsp3) is 0.118. The fourth-order valence-corrected chi connectivity index (χ4v) is 5.33. The number of hydrogen-bond acceptors (Lipinski definition) is 6. The zero-order chi connectivity index (χ0) is 18.8. The van der Waals surface area contributed by atoms with Gasteiger partial charge in [0.05, 0.1) is 11.4 Å². The predicted molar refractivity (Wildman–Crippen MR) is 103 cm³/mol. The van der Waals surface area contributed by atoms with Crippen LogP contribution in [0.1, 0.15) is 5.56 Å². The molecule has 1 aromatic carbocycles. The SMILES string of the molecule is CS(=O)(=O)Cc1cc(-c2ccncc2)ccc1NS(=O)(=O)c1cccs1. The minimum Gasteiger partial charge on any atom is -0.279 e. The van der Waals surface area contributed by atoms with E-state index in [0.717, 1.165) is 28.7 Å². The van der Waals surface area contributed by atoms with Gasteiger partial charge < -0.3 is 0 Å². The number of nitrogens with zero attached hydrogens (tertiary/aromatic N) is 1. The second-order valence-electron chi connectivity index (χ2n) is 5.72. The molecule has 2 heterocycles. The first-order chi connectivity index (χ1) is 12.2. The van der Waals surface area contributed by atoms with Crippen LogP contribution in [0, 0.1) is 0 Å². The molecule has 136 valence electrons. The highest BCUT2D eigenvalue weighted by atomic mass is 32.2. The van der Waals surface area contributed by atoms with Crippen LogP contribution in [0.2, 0.25) is 0 Å². The third kappa shape index (κ3) is 4.48. The Bertz CT molecular complexity index is 1110. The van der Waals surface area contributed by atoms with E-state index in [1.165, 1.54) is 6.07 Å². The summed E-state index contributed by atoms with van der Waals surface area (Å²) in [5, 5.41) is 1.67. The van der Waals surface area contributed by atoms with E-state index in [-0.39, 0.29) is 15.6 Å². The Morgan fingerprint density at radius 2 is 1.73 bits per heavy atom. The zero-order valence-corrected chi connectivity index (χ0v) is 16.2. The molecule has 0 fully saturated rings. The van der Waals surface area contributed by atoms with Crippen molar-refractivity contribution in [3.63, 3.8) is 0 Å². The third-order valence-electron chi connectivity index (χ3n) is 3.54. The van der Waals surface area contributed by atoms with Crippen LogP contribution < -0.4 is 4.72 Å². The molecule has 3 rings (SSSR count). The number of anilines is 1. The molecule has 6 nitrogen and oxygen atoms in total. The summed E-state index contributed by atoms with van der Waals surface area (Å²) in [7, 11) is -7.11. The molecule has 0 spiro atoms. The van der Waals surface area contributed by atoms with Gasteiger partial charge in [0.1, 0.15) is 4.21 Å². The maximum atomic E-state index is 12.5. The molecule has 0 atom stereocenters. The van der Waals surface area contributed by atoms with Crippen molar-refractivity contribution in [1.82, 2.24) is 4.98 Å². The largest absolute Gasteiger partial charge is 0.279 e. The minimum absolute atomic E-state index is 0.168. The van der Waals surface area contributed by atoms with E-state index in [2.05, 4.69) is 9.71 Å². The van der Waals surface area contributed by atoms with Crippen LogP contribution in [0.4, 0.5) is 5.69 Å². The van der Waals surface area contributed by atoms with Gasteiger partial charge in [0.25, 0.3) is 10.0 Å². The van der Waals surface area contributed by atoms with E-state index in [0.29, 0.717) is 5.56 Å². The molecule has 0 aliphatic rings. The predicted octanol–water partition coefficient (Wildman–Crippen LogP) is 3.16. The van der Waals surface area contributed by atoms with Gasteiger partial charge in [-0.25, -0.2) is 16.8 Å². The molecule has 0 saturated carbocycles. The van der Waals surface area contributed by atoms with Gasteiger partial charge in [-0.2, -0.15) is 0 Å². The van der Waals surface area contributed by atoms with E-state index < -0.39 is 19.9 Å². The summed E-state index contributed by atoms with van der Waals surface area (Å²) in [6.45, 7) is 0. The van der Waals surface area contributed by atoms with Crippen molar-refractivity contribution >= 4 is 36.9 Å². The number of hydrogen-bond donors (Lipinski definition) is 1. The monoisotopic (exact) mass is 408 g/mol. The first-order valence-electron chi connectivity index (χ1n) is 7.52.